The second-order valence-electron chi connectivity index (χ2n) is 8.85. The van der Waals surface area contributed by atoms with E-state index in [-0.39, 0.29) is 17.7 Å². The molecule has 1 saturated heterocycles. The van der Waals surface area contributed by atoms with Gasteiger partial charge in [0.2, 0.25) is 0 Å². The molecule has 1 saturated carbocycles. The van der Waals surface area contributed by atoms with Gasteiger partial charge in [-0.3, -0.25) is 0 Å². The highest BCUT2D eigenvalue weighted by atomic mass is 35.5. The Morgan fingerprint density at radius 2 is 1.85 bits per heavy atom. The standard InChI is InChI=1S/C23H22ClF4N5O/c24-20-9-17(6-7-29-20)32-11-14-4-5-15(12-32)19(14)10-21-30-22(33(31-21)13-23(26,27)28)34-18-3-1-2-16(25)8-18/h1-3,6-9,14-15,19H,4-5,10-13H2. The van der Waals surface area contributed by atoms with Crippen LogP contribution in [0.15, 0.2) is 42.6 Å². The SMILES string of the molecule is Fc1cccc(Oc2nc(CC3C4CCC3CN(c3ccnc(Cl)c3)C4)nn2CC(F)(F)F)c1. The van der Waals surface area contributed by atoms with Crippen LogP contribution in [0.25, 0.3) is 0 Å². The molecule has 1 aliphatic carbocycles. The van der Waals surface area contributed by atoms with Crippen molar-refractivity contribution in [2.75, 3.05) is 18.0 Å². The minimum Gasteiger partial charge on any atom is -0.424 e. The van der Waals surface area contributed by atoms with Gasteiger partial charge in [0.05, 0.1) is 0 Å². The first-order chi connectivity index (χ1) is 16.2. The van der Waals surface area contributed by atoms with Crippen LogP contribution in [0.2, 0.25) is 5.15 Å². The highest BCUT2D eigenvalue weighted by Crippen LogP contribution is 2.44. The van der Waals surface area contributed by atoms with Crippen LogP contribution >= 0.6 is 11.6 Å². The first-order valence-corrected chi connectivity index (χ1v) is 11.4. The fourth-order valence-corrected chi connectivity index (χ4v) is 5.29. The van der Waals surface area contributed by atoms with E-state index in [1.807, 2.05) is 12.1 Å². The molecule has 180 valence electrons. The summed E-state index contributed by atoms with van der Waals surface area (Å²) in [6.45, 7) is 0.327. The van der Waals surface area contributed by atoms with E-state index in [9.17, 15) is 17.6 Å². The van der Waals surface area contributed by atoms with Crippen molar-refractivity contribution in [2.24, 2.45) is 17.8 Å². The van der Waals surface area contributed by atoms with Crippen LogP contribution in [0.4, 0.5) is 23.2 Å². The minimum absolute atomic E-state index is 0.0618. The van der Waals surface area contributed by atoms with E-state index < -0.39 is 18.5 Å². The Kier molecular flexibility index (Phi) is 6.09. The second kappa shape index (κ2) is 9.05. The molecule has 3 aromatic rings. The maximum atomic E-state index is 13.5. The number of anilines is 1. The Bertz CT molecular complexity index is 1160. The van der Waals surface area contributed by atoms with Crippen LogP contribution in [0, 0.1) is 23.6 Å². The number of aromatic nitrogens is 4. The topological polar surface area (TPSA) is 56.1 Å². The molecule has 34 heavy (non-hydrogen) atoms. The number of halogens is 5. The lowest BCUT2D eigenvalue weighted by molar-refractivity contribution is -0.143. The summed E-state index contributed by atoms with van der Waals surface area (Å²) in [7, 11) is 0. The van der Waals surface area contributed by atoms with Crippen LogP contribution < -0.4 is 9.64 Å². The predicted octanol–water partition coefficient (Wildman–Crippen LogP) is 5.53. The average Bonchev–Trinajstić information content (AvgIpc) is 3.21. The lowest BCUT2D eigenvalue weighted by Crippen LogP contribution is -2.42. The molecule has 1 aromatic carbocycles. The maximum Gasteiger partial charge on any atom is 0.408 e. The minimum atomic E-state index is -4.50. The van der Waals surface area contributed by atoms with E-state index in [2.05, 4.69) is 20.0 Å². The predicted molar refractivity (Wildman–Crippen MR) is 117 cm³/mol. The third-order valence-electron chi connectivity index (χ3n) is 6.54. The average molecular weight is 496 g/mol. The lowest BCUT2D eigenvalue weighted by atomic mass is 9.82. The largest absolute Gasteiger partial charge is 0.424 e. The molecule has 2 fully saturated rings. The molecule has 0 N–H and O–H groups in total. The van der Waals surface area contributed by atoms with Gasteiger partial charge in [-0.1, -0.05) is 17.7 Å². The van der Waals surface area contributed by atoms with Gasteiger partial charge in [-0.15, -0.1) is 0 Å². The third-order valence-corrected chi connectivity index (χ3v) is 6.75. The Morgan fingerprint density at radius 3 is 2.53 bits per heavy atom. The normalized spacial score (nSPS) is 22.3. The summed E-state index contributed by atoms with van der Waals surface area (Å²) in [4.78, 5) is 10.6. The van der Waals surface area contributed by atoms with Crippen molar-refractivity contribution in [3.63, 3.8) is 0 Å². The zero-order chi connectivity index (χ0) is 23.9. The van der Waals surface area contributed by atoms with Crippen molar-refractivity contribution in [1.29, 1.82) is 0 Å². The van der Waals surface area contributed by atoms with E-state index in [0.29, 0.717) is 33.9 Å². The molecular weight excluding hydrogens is 474 g/mol. The van der Waals surface area contributed by atoms with Crippen molar-refractivity contribution in [2.45, 2.75) is 32.0 Å². The summed E-state index contributed by atoms with van der Waals surface area (Å²) in [6, 6.07) is 8.66. The Balaban J connectivity index is 1.34. The Morgan fingerprint density at radius 1 is 1.09 bits per heavy atom. The first kappa shape index (κ1) is 22.9. The summed E-state index contributed by atoms with van der Waals surface area (Å²) in [5, 5.41) is 4.56. The van der Waals surface area contributed by atoms with E-state index >= 15 is 0 Å². The molecule has 6 nitrogen and oxygen atoms in total. The summed E-state index contributed by atoms with van der Waals surface area (Å²) >= 11 is 6.05. The molecule has 2 unspecified atom stereocenters. The van der Waals surface area contributed by atoms with Crippen molar-refractivity contribution >= 4 is 17.3 Å². The van der Waals surface area contributed by atoms with Gasteiger partial charge >= 0.3 is 12.2 Å². The summed E-state index contributed by atoms with van der Waals surface area (Å²) in [6.07, 6.45) is -0.268. The highest BCUT2D eigenvalue weighted by Gasteiger charge is 2.43. The van der Waals surface area contributed by atoms with Crippen LogP contribution in [-0.2, 0) is 13.0 Å². The van der Waals surface area contributed by atoms with Crippen molar-refractivity contribution in [3.8, 4) is 11.8 Å². The number of hydrogen-bond donors (Lipinski definition) is 0. The molecule has 0 radical (unpaired) electrons. The zero-order valence-corrected chi connectivity index (χ0v) is 18.8. The number of ether oxygens (including phenoxy) is 1. The molecule has 3 heterocycles. The molecule has 2 bridgehead atoms. The number of benzene rings is 1. The smallest absolute Gasteiger partial charge is 0.408 e. The van der Waals surface area contributed by atoms with Gasteiger partial charge in [-0.2, -0.15) is 23.3 Å². The highest BCUT2D eigenvalue weighted by molar-refractivity contribution is 6.29. The number of fused-ring (bicyclic) bond motifs is 2. The van der Waals surface area contributed by atoms with Crippen molar-refractivity contribution < 1.29 is 22.3 Å². The number of nitrogens with zero attached hydrogens (tertiary/aromatic N) is 5. The molecule has 11 heteroatoms. The van der Waals surface area contributed by atoms with Gasteiger partial charge < -0.3 is 9.64 Å². The summed E-state index contributed by atoms with van der Waals surface area (Å²) < 4.78 is 59.1. The first-order valence-electron chi connectivity index (χ1n) is 11.0. The van der Waals surface area contributed by atoms with E-state index in [4.69, 9.17) is 16.3 Å². The van der Waals surface area contributed by atoms with E-state index in [0.717, 1.165) is 37.7 Å². The van der Waals surface area contributed by atoms with Gasteiger partial charge in [0.25, 0.3) is 0 Å². The molecular formula is C23H22ClF4N5O. The van der Waals surface area contributed by atoms with Gasteiger partial charge in [-0.05, 0) is 54.9 Å². The molecule has 2 atom stereocenters. The number of alkyl halides is 3. The van der Waals surface area contributed by atoms with Crippen LogP contribution in [0.1, 0.15) is 18.7 Å². The van der Waals surface area contributed by atoms with Gasteiger partial charge in [-0.25, -0.2) is 14.1 Å². The molecule has 1 aliphatic heterocycles. The van der Waals surface area contributed by atoms with E-state index in [1.165, 1.54) is 18.2 Å². The fourth-order valence-electron chi connectivity index (χ4n) is 5.12. The molecule has 2 aromatic heterocycles. The van der Waals surface area contributed by atoms with Gasteiger partial charge in [0, 0.05) is 37.5 Å². The molecule has 0 spiro atoms. The maximum absolute atomic E-state index is 13.5. The quantitative estimate of drug-likeness (QED) is 0.333. The number of rotatable bonds is 6. The summed E-state index contributed by atoms with van der Waals surface area (Å²) in [5.41, 5.74) is 1.02. The van der Waals surface area contributed by atoms with Gasteiger partial charge in [0.15, 0.2) is 5.82 Å². The van der Waals surface area contributed by atoms with E-state index in [1.54, 1.807) is 6.20 Å². The molecule has 0 amide bonds. The number of pyridine rings is 1. The monoisotopic (exact) mass is 495 g/mol. The van der Waals surface area contributed by atoms with Crippen LogP contribution in [-0.4, -0.2) is 39.0 Å². The second-order valence-corrected chi connectivity index (χ2v) is 9.24. The Hall–Kier alpha value is -2.88. The third kappa shape index (κ3) is 5.11. The van der Waals surface area contributed by atoms with Crippen molar-refractivity contribution in [1.82, 2.24) is 19.7 Å². The van der Waals surface area contributed by atoms with Crippen LogP contribution in [0.3, 0.4) is 0 Å². The number of piperidine rings is 1. The van der Waals surface area contributed by atoms with Crippen molar-refractivity contribution in [3.05, 3.63) is 59.4 Å². The van der Waals surface area contributed by atoms with Gasteiger partial charge in [0.1, 0.15) is 23.3 Å². The molecule has 5 rings (SSSR count). The Labute approximate surface area is 198 Å². The number of hydrogen-bond acceptors (Lipinski definition) is 5. The molecule has 2 aliphatic rings. The lowest BCUT2D eigenvalue weighted by Gasteiger charge is -2.39. The fraction of sp³-hybridized carbons (Fsp3) is 0.435. The zero-order valence-electron chi connectivity index (χ0n) is 18.1. The van der Waals surface area contributed by atoms with Crippen LogP contribution in [0.5, 0.6) is 11.8 Å². The summed E-state index contributed by atoms with van der Waals surface area (Å²) in [5.74, 6) is 0.807.